The van der Waals surface area contributed by atoms with Gasteiger partial charge >= 0.3 is 0 Å². The summed E-state index contributed by atoms with van der Waals surface area (Å²) in [6, 6.07) is -0.000688. The number of nitrogens with one attached hydrogen (secondary N) is 1. The van der Waals surface area contributed by atoms with E-state index in [4.69, 9.17) is 4.74 Å². The zero-order valence-corrected chi connectivity index (χ0v) is 14.6. The maximum absolute atomic E-state index is 12.2. The molecule has 1 unspecified atom stereocenters. The highest BCUT2D eigenvalue weighted by molar-refractivity contribution is 5.76. The first-order chi connectivity index (χ1) is 10.9. The topological polar surface area (TPSA) is 69.0 Å². The molecule has 0 spiro atoms. The zero-order chi connectivity index (χ0) is 16.9. The van der Waals surface area contributed by atoms with Gasteiger partial charge in [-0.25, -0.2) is 4.68 Å². The SMILES string of the molecule is C/C=C/c1cn(C[C@@H](C)NC(=O)CC2CCCC(C)(C)O2)nn1. The van der Waals surface area contributed by atoms with Crippen molar-refractivity contribution >= 4 is 12.0 Å². The number of carbonyl (C=O) groups is 1. The molecule has 1 N–H and O–H groups in total. The molecule has 0 aliphatic carbocycles. The van der Waals surface area contributed by atoms with Gasteiger partial charge in [0.15, 0.2) is 0 Å². The molecule has 1 aliphatic rings. The summed E-state index contributed by atoms with van der Waals surface area (Å²) < 4.78 is 7.73. The van der Waals surface area contributed by atoms with E-state index in [1.54, 1.807) is 4.68 Å². The lowest BCUT2D eigenvalue weighted by Gasteiger charge is -2.35. The van der Waals surface area contributed by atoms with E-state index in [0.717, 1.165) is 25.0 Å². The third-order valence-electron chi connectivity index (χ3n) is 3.97. The molecular formula is C17H28N4O2. The highest BCUT2D eigenvalue weighted by Gasteiger charge is 2.29. The fourth-order valence-electron chi connectivity index (χ4n) is 2.98. The monoisotopic (exact) mass is 320 g/mol. The summed E-state index contributed by atoms with van der Waals surface area (Å²) in [5, 5.41) is 11.1. The lowest BCUT2D eigenvalue weighted by atomic mass is 9.94. The molecule has 0 aromatic carbocycles. The van der Waals surface area contributed by atoms with Gasteiger partial charge in [0.2, 0.25) is 5.91 Å². The zero-order valence-electron chi connectivity index (χ0n) is 14.6. The van der Waals surface area contributed by atoms with E-state index in [1.807, 2.05) is 32.2 Å². The Morgan fingerprint density at radius 2 is 2.39 bits per heavy atom. The molecule has 0 saturated carbocycles. The molecule has 2 atom stereocenters. The number of hydrogen-bond donors (Lipinski definition) is 1. The molecule has 1 aromatic rings. The van der Waals surface area contributed by atoms with Gasteiger partial charge in [0.05, 0.1) is 30.9 Å². The van der Waals surface area contributed by atoms with Crippen LogP contribution in [0.1, 0.15) is 59.1 Å². The highest BCUT2D eigenvalue weighted by atomic mass is 16.5. The predicted octanol–water partition coefficient (Wildman–Crippen LogP) is 2.55. The Hall–Kier alpha value is -1.69. The van der Waals surface area contributed by atoms with Crippen molar-refractivity contribution in [3.63, 3.8) is 0 Å². The van der Waals surface area contributed by atoms with Gasteiger partial charge in [-0.15, -0.1) is 5.10 Å². The van der Waals surface area contributed by atoms with Gasteiger partial charge < -0.3 is 10.1 Å². The Morgan fingerprint density at radius 3 is 3.09 bits per heavy atom. The van der Waals surface area contributed by atoms with Gasteiger partial charge in [-0.3, -0.25) is 4.79 Å². The summed E-state index contributed by atoms with van der Waals surface area (Å²) in [6.45, 7) is 8.70. The minimum absolute atomic E-state index is 0.000688. The maximum Gasteiger partial charge on any atom is 0.222 e. The Morgan fingerprint density at radius 1 is 1.61 bits per heavy atom. The number of rotatable bonds is 6. The molecular weight excluding hydrogens is 292 g/mol. The average molecular weight is 320 g/mol. The number of ether oxygens (including phenoxy) is 1. The van der Waals surface area contributed by atoms with Crippen molar-refractivity contribution in [3.8, 4) is 0 Å². The Bertz CT molecular complexity index is 551. The second-order valence-corrected chi connectivity index (χ2v) is 6.93. The molecule has 6 nitrogen and oxygen atoms in total. The first kappa shape index (κ1) is 17.7. The van der Waals surface area contributed by atoms with Gasteiger partial charge in [-0.2, -0.15) is 0 Å². The van der Waals surface area contributed by atoms with E-state index < -0.39 is 0 Å². The molecule has 1 aromatic heterocycles. The summed E-state index contributed by atoms with van der Waals surface area (Å²) in [6.07, 6.45) is 9.28. The normalized spacial score (nSPS) is 22.2. The third kappa shape index (κ3) is 5.78. The highest BCUT2D eigenvalue weighted by Crippen LogP contribution is 2.29. The van der Waals surface area contributed by atoms with Crippen molar-refractivity contribution in [1.82, 2.24) is 20.3 Å². The molecule has 0 radical (unpaired) electrons. The molecule has 2 heterocycles. The molecule has 1 fully saturated rings. The van der Waals surface area contributed by atoms with E-state index in [-0.39, 0.29) is 23.7 Å². The van der Waals surface area contributed by atoms with Crippen molar-refractivity contribution in [3.05, 3.63) is 18.0 Å². The van der Waals surface area contributed by atoms with E-state index in [1.165, 1.54) is 0 Å². The molecule has 23 heavy (non-hydrogen) atoms. The van der Waals surface area contributed by atoms with Gasteiger partial charge in [0, 0.05) is 6.04 Å². The van der Waals surface area contributed by atoms with Crippen molar-refractivity contribution in [2.75, 3.05) is 0 Å². The van der Waals surface area contributed by atoms with Crippen LogP contribution in [0.15, 0.2) is 12.3 Å². The van der Waals surface area contributed by atoms with Crippen LogP contribution in [-0.4, -0.2) is 38.6 Å². The van der Waals surface area contributed by atoms with Crippen LogP contribution in [0, 0.1) is 0 Å². The smallest absolute Gasteiger partial charge is 0.222 e. The molecule has 1 aliphatic heterocycles. The number of hydrogen-bond acceptors (Lipinski definition) is 4. The van der Waals surface area contributed by atoms with Crippen molar-refractivity contribution in [1.29, 1.82) is 0 Å². The molecule has 1 saturated heterocycles. The summed E-state index contributed by atoms with van der Waals surface area (Å²) in [4.78, 5) is 12.2. The number of carbonyl (C=O) groups excluding carboxylic acids is 1. The van der Waals surface area contributed by atoms with Crippen LogP contribution in [0.25, 0.3) is 6.08 Å². The fraction of sp³-hybridized carbons (Fsp3) is 0.706. The van der Waals surface area contributed by atoms with Crippen molar-refractivity contribution < 1.29 is 9.53 Å². The summed E-state index contributed by atoms with van der Waals surface area (Å²) >= 11 is 0. The second-order valence-electron chi connectivity index (χ2n) is 6.93. The molecule has 0 bridgehead atoms. The van der Waals surface area contributed by atoms with Gasteiger partial charge in [0.25, 0.3) is 0 Å². The number of nitrogens with zero attached hydrogens (tertiary/aromatic N) is 3. The van der Waals surface area contributed by atoms with Gasteiger partial charge in [0.1, 0.15) is 5.69 Å². The number of allylic oxidation sites excluding steroid dienone is 1. The first-order valence-corrected chi connectivity index (χ1v) is 8.38. The lowest BCUT2D eigenvalue weighted by molar-refractivity contribution is -0.136. The van der Waals surface area contributed by atoms with Crippen LogP contribution >= 0.6 is 0 Å². The van der Waals surface area contributed by atoms with E-state index >= 15 is 0 Å². The maximum atomic E-state index is 12.2. The largest absolute Gasteiger partial charge is 0.372 e. The standard InChI is InChI=1S/C17H28N4O2/c1-5-7-14-12-21(20-19-14)11-13(2)18-16(22)10-15-8-6-9-17(3,4)23-15/h5,7,12-13,15H,6,8-11H2,1-4H3,(H,18,22)/b7-5+/t13-,15?/m1/s1. The number of aromatic nitrogens is 3. The first-order valence-electron chi connectivity index (χ1n) is 8.38. The van der Waals surface area contributed by atoms with E-state index in [9.17, 15) is 4.79 Å². The minimum Gasteiger partial charge on any atom is -0.372 e. The molecule has 6 heteroatoms. The lowest BCUT2D eigenvalue weighted by Crippen LogP contribution is -2.41. The minimum atomic E-state index is -0.112. The fourth-order valence-corrected chi connectivity index (χ4v) is 2.98. The Balaban J connectivity index is 1.77. The van der Waals surface area contributed by atoms with Gasteiger partial charge in [-0.1, -0.05) is 11.3 Å². The van der Waals surface area contributed by atoms with Crippen LogP contribution in [0.4, 0.5) is 0 Å². The van der Waals surface area contributed by atoms with Crippen LogP contribution in [0.5, 0.6) is 0 Å². The second kappa shape index (κ2) is 7.73. The van der Waals surface area contributed by atoms with E-state index in [2.05, 4.69) is 29.5 Å². The summed E-state index contributed by atoms with van der Waals surface area (Å²) in [5.74, 6) is 0.0361. The third-order valence-corrected chi connectivity index (χ3v) is 3.97. The molecule has 1 amide bonds. The number of amides is 1. The molecule has 2 rings (SSSR count). The van der Waals surface area contributed by atoms with Crippen LogP contribution < -0.4 is 5.32 Å². The predicted molar refractivity (Wildman–Crippen MR) is 89.8 cm³/mol. The quantitative estimate of drug-likeness (QED) is 0.874. The van der Waals surface area contributed by atoms with Crippen LogP contribution in [0.3, 0.4) is 0 Å². The summed E-state index contributed by atoms with van der Waals surface area (Å²) in [5.41, 5.74) is 0.711. The van der Waals surface area contributed by atoms with Crippen molar-refractivity contribution in [2.24, 2.45) is 0 Å². The molecule has 128 valence electrons. The Kier molecular flexibility index (Phi) is 5.93. The van der Waals surface area contributed by atoms with E-state index in [0.29, 0.717) is 13.0 Å². The van der Waals surface area contributed by atoms with Crippen molar-refractivity contribution in [2.45, 2.75) is 77.7 Å². The Labute approximate surface area is 138 Å². The van der Waals surface area contributed by atoms with Crippen LogP contribution in [0.2, 0.25) is 0 Å². The summed E-state index contributed by atoms with van der Waals surface area (Å²) in [7, 11) is 0. The van der Waals surface area contributed by atoms with Crippen LogP contribution in [-0.2, 0) is 16.1 Å². The average Bonchev–Trinajstić information content (AvgIpc) is 2.84. The van der Waals surface area contributed by atoms with Gasteiger partial charge in [-0.05, 0) is 53.0 Å².